The third kappa shape index (κ3) is 3.18. The van der Waals surface area contributed by atoms with Gasteiger partial charge in [0.1, 0.15) is 0 Å². The summed E-state index contributed by atoms with van der Waals surface area (Å²) in [5, 5.41) is 11.6. The molecule has 1 aromatic heterocycles. The lowest BCUT2D eigenvalue weighted by Crippen LogP contribution is -2.17. The Morgan fingerprint density at radius 1 is 1.16 bits per heavy atom. The molecule has 0 aliphatic carbocycles. The molecule has 1 aliphatic rings. The van der Waals surface area contributed by atoms with Gasteiger partial charge in [0.25, 0.3) is 0 Å². The van der Waals surface area contributed by atoms with E-state index in [9.17, 15) is 5.11 Å². The number of hydrogen-bond acceptors (Lipinski definition) is 5. The average molecular weight is 354 g/mol. The highest BCUT2D eigenvalue weighted by Gasteiger charge is 2.16. The first-order valence-electron chi connectivity index (χ1n) is 8.05. The summed E-state index contributed by atoms with van der Waals surface area (Å²) in [6.07, 6.45) is 0. The maximum Gasteiger partial charge on any atom is 0.231 e. The van der Waals surface area contributed by atoms with E-state index < -0.39 is 0 Å². The first-order valence-corrected chi connectivity index (χ1v) is 8.93. The molecular weight excluding hydrogens is 336 g/mol. The van der Waals surface area contributed by atoms with E-state index in [2.05, 4.69) is 5.38 Å². The molecule has 0 amide bonds. The molecule has 6 heteroatoms. The molecule has 4 rings (SSSR count). The first-order chi connectivity index (χ1) is 12.2. The number of rotatable bonds is 4. The number of aliphatic hydroxyl groups excluding tert-OH is 1. The molecule has 0 unspecified atom stereocenters. The predicted molar refractivity (Wildman–Crippen MR) is 97.4 cm³/mol. The molecule has 0 radical (unpaired) electrons. The SMILES string of the molecule is Cc1cccc(N=c2scc(-c3ccc4c(c3)OCO4)n2CCO)c1. The van der Waals surface area contributed by atoms with Crippen molar-refractivity contribution in [3.05, 3.63) is 58.2 Å². The second-order valence-electron chi connectivity index (χ2n) is 5.80. The molecule has 2 heterocycles. The summed E-state index contributed by atoms with van der Waals surface area (Å²) < 4.78 is 12.9. The Kier molecular flexibility index (Phi) is 4.29. The van der Waals surface area contributed by atoms with Crippen molar-refractivity contribution in [3.8, 4) is 22.8 Å². The van der Waals surface area contributed by atoms with Gasteiger partial charge in [-0.15, -0.1) is 11.3 Å². The summed E-state index contributed by atoms with van der Waals surface area (Å²) in [6, 6.07) is 14.0. The zero-order chi connectivity index (χ0) is 17.2. The van der Waals surface area contributed by atoms with E-state index >= 15 is 0 Å². The fraction of sp³-hybridized carbons (Fsp3) is 0.211. The highest BCUT2D eigenvalue weighted by molar-refractivity contribution is 7.07. The third-order valence-electron chi connectivity index (χ3n) is 4.02. The number of thiazole rings is 1. The molecule has 0 bridgehead atoms. The van der Waals surface area contributed by atoms with Crippen molar-refractivity contribution in [2.75, 3.05) is 13.4 Å². The number of aryl methyl sites for hydroxylation is 1. The summed E-state index contributed by atoms with van der Waals surface area (Å²) in [5.74, 6) is 1.51. The van der Waals surface area contributed by atoms with Crippen molar-refractivity contribution >= 4 is 17.0 Å². The van der Waals surface area contributed by atoms with Crippen LogP contribution in [0.1, 0.15) is 5.56 Å². The lowest BCUT2D eigenvalue weighted by molar-refractivity contribution is 0.174. The number of benzene rings is 2. The Hall–Kier alpha value is -2.57. The molecule has 128 valence electrons. The molecule has 3 aromatic rings. The zero-order valence-corrected chi connectivity index (χ0v) is 14.6. The zero-order valence-electron chi connectivity index (χ0n) is 13.8. The third-order valence-corrected chi connectivity index (χ3v) is 4.88. The molecule has 2 aromatic carbocycles. The molecule has 5 nitrogen and oxygen atoms in total. The van der Waals surface area contributed by atoms with Crippen molar-refractivity contribution in [1.82, 2.24) is 4.57 Å². The topological polar surface area (TPSA) is 56.0 Å². The van der Waals surface area contributed by atoms with Crippen LogP contribution in [0.2, 0.25) is 0 Å². The van der Waals surface area contributed by atoms with Gasteiger partial charge in [0.2, 0.25) is 6.79 Å². The summed E-state index contributed by atoms with van der Waals surface area (Å²) in [5.41, 5.74) is 4.09. The van der Waals surface area contributed by atoms with Crippen LogP contribution in [0.25, 0.3) is 11.3 Å². The summed E-state index contributed by atoms with van der Waals surface area (Å²) >= 11 is 1.56. The molecule has 0 fully saturated rings. The highest BCUT2D eigenvalue weighted by Crippen LogP contribution is 2.36. The second-order valence-corrected chi connectivity index (χ2v) is 6.63. The lowest BCUT2D eigenvalue weighted by Gasteiger charge is -2.08. The van der Waals surface area contributed by atoms with Gasteiger partial charge in [-0.05, 0) is 42.8 Å². The van der Waals surface area contributed by atoms with E-state index in [4.69, 9.17) is 14.5 Å². The maximum absolute atomic E-state index is 9.50. The van der Waals surface area contributed by atoms with Crippen LogP contribution in [-0.4, -0.2) is 23.1 Å². The van der Waals surface area contributed by atoms with E-state index in [0.717, 1.165) is 33.2 Å². The van der Waals surface area contributed by atoms with Crippen molar-refractivity contribution in [1.29, 1.82) is 0 Å². The van der Waals surface area contributed by atoms with Crippen LogP contribution in [0, 0.1) is 6.92 Å². The van der Waals surface area contributed by atoms with Crippen molar-refractivity contribution in [3.63, 3.8) is 0 Å². The number of hydrogen-bond donors (Lipinski definition) is 1. The minimum absolute atomic E-state index is 0.0509. The Morgan fingerprint density at radius 2 is 2.04 bits per heavy atom. The van der Waals surface area contributed by atoms with Crippen molar-refractivity contribution < 1.29 is 14.6 Å². The van der Waals surface area contributed by atoms with Gasteiger partial charge in [0, 0.05) is 17.5 Å². The van der Waals surface area contributed by atoms with Gasteiger partial charge in [-0.25, -0.2) is 4.99 Å². The molecule has 0 spiro atoms. The molecule has 1 N–H and O–H groups in total. The smallest absolute Gasteiger partial charge is 0.231 e. The molecule has 1 aliphatic heterocycles. The predicted octanol–water partition coefficient (Wildman–Crippen LogP) is 3.48. The number of aromatic nitrogens is 1. The molecule has 25 heavy (non-hydrogen) atoms. The minimum atomic E-state index is 0.0509. The van der Waals surface area contributed by atoms with Gasteiger partial charge in [0.15, 0.2) is 16.3 Å². The summed E-state index contributed by atoms with van der Waals surface area (Å²) in [6.45, 7) is 2.84. The van der Waals surface area contributed by atoms with Gasteiger partial charge < -0.3 is 19.1 Å². The van der Waals surface area contributed by atoms with Gasteiger partial charge in [-0.2, -0.15) is 0 Å². The largest absolute Gasteiger partial charge is 0.454 e. The van der Waals surface area contributed by atoms with E-state index in [1.807, 2.05) is 54.0 Å². The molecule has 0 saturated carbocycles. The fourth-order valence-corrected chi connectivity index (χ4v) is 3.78. The van der Waals surface area contributed by atoms with Gasteiger partial charge in [-0.1, -0.05) is 12.1 Å². The lowest BCUT2D eigenvalue weighted by atomic mass is 10.1. The summed E-state index contributed by atoms with van der Waals surface area (Å²) in [7, 11) is 0. The van der Waals surface area contributed by atoms with E-state index in [-0.39, 0.29) is 13.4 Å². The number of ether oxygens (including phenoxy) is 2. The minimum Gasteiger partial charge on any atom is -0.454 e. The van der Waals surface area contributed by atoms with Crippen LogP contribution in [0.3, 0.4) is 0 Å². The van der Waals surface area contributed by atoms with Crippen LogP contribution in [-0.2, 0) is 6.54 Å². The van der Waals surface area contributed by atoms with E-state index in [1.165, 1.54) is 5.56 Å². The monoisotopic (exact) mass is 354 g/mol. The summed E-state index contributed by atoms with van der Waals surface area (Å²) in [4.78, 5) is 5.61. The van der Waals surface area contributed by atoms with Gasteiger partial charge in [-0.3, -0.25) is 0 Å². The van der Waals surface area contributed by atoms with E-state index in [1.54, 1.807) is 11.3 Å². The Labute approximate surface area is 149 Å². The first kappa shape index (κ1) is 15.9. The Bertz CT molecular complexity index is 975. The highest BCUT2D eigenvalue weighted by atomic mass is 32.1. The second kappa shape index (κ2) is 6.74. The van der Waals surface area contributed by atoms with Crippen molar-refractivity contribution in [2.45, 2.75) is 13.5 Å². The van der Waals surface area contributed by atoms with Crippen LogP contribution >= 0.6 is 11.3 Å². The van der Waals surface area contributed by atoms with Crippen LogP contribution in [0.5, 0.6) is 11.5 Å². The quantitative estimate of drug-likeness (QED) is 0.780. The van der Waals surface area contributed by atoms with E-state index in [0.29, 0.717) is 6.54 Å². The van der Waals surface area contributed by atoms with Gasteiger partial charge in [0.05, 0.1) is 18.0 Å². The van der Waals surface area contributed by atoms with Crippen LogP contribution < -0.4 is 14.3 Å². The van der Waals surface area contributed by atoms with Crippen LogP contribution in [0.15, 0.2) is 52.8 Å². The Balaban J connectivity index is 1.80. The standard InChI is InChI=1S/C19H18N2O3S/c1-13-3-2-4-15(9-13)20-19-21(7-8-22)16(11-25-19)14-5-6-17-18(10-14)24-12-23-17/h2-6,9-11,22H,7-8,12H2,1H3. The normalized spacial score (nSPS) is 13.4. The average Bonchev–Trinajstić information content (AvgIpc) is 3.22. The number of aliphatic hydroxyl groups is 1. The molecule has 0 saturated heterocycles. The maximum atomic E-state index is 9.50. The molecular formula is C19H18N2O3S. The fourth-order valence-electron chi connectivity index (χ4n) is 2.83. The van der Waals surface area contributed by atoms with Crippen molar-refractivity contribution in [2.24, 2.45) is 4.99 Å². The van der Waals surface area contributed by atoms with Crippen LogP contribution in [0.4, 0.5) is 5.69 Å². The number of fused-ring (bicyclic) bond motifs is 1. The molecule has 0 atom stereocenters. The number of nitrogens with zero attached hydrogens (tertiary/aromatic N) is 2. The Morgan fingerprint density at radius 3 is 2.88 bits per heavy atom. The van der Waals surface area contributed by atoms with Gasteiger partial charge >= 0.3 is 0 Å².